The van der Waals surface area contributed by atoms with Gasteiger partial charge in [0.25, 0.3) is 5.91 Å². The molecule has 1 aromatic rings. The van der Waals surface area contributed by atoms with Crippen molar-refractivity contribution in [1.82, 2.24) is 5.32 Å². The summed E-state index contributed by atoms with van der Waals surface area (Å²) < 4.78 is 14.9. The number of esters is 2. The van der Waals surface area contributed by atoms with Crippen molar-refractivity contribution in [2.45, 2.75) is 33.1 Å². The van der Waals surface area contributed by atoms with Crippen molar-refractivity contribution in [3.05, 3.63) is 29.8 Å². The summed E-state index contributed by atoms with van der Waals surface area (Å²) >= 11 is 0. The van der Waals surface area contributed by atoms with E-state index in [1.54, 1.807) is 19.1 Å². The Balaban J connectivity index is 2.12. The first-order chi connectivity index (χ1) is 12.0. The van der Waals surface area contributed by atoms with Crippen LogP contribution >= 0.6 is 0 Å². The molecule has 0 saturated heterocycles. The lowest BCUT2D eigenvalue weighted by Gasteiger charge is -2.08. The maximum atomic E-state index is 11.5. The number of hydrogen-bond acceptors (Lipinski definition) is 6. The van der Waals surface area contributed by atoms with Crippen molar-refractivity contribution in [2.75, 3.05) is 26.4 Å². The Morgan fingerprint density at radius 1 is 0.960 bits per heavy atom. The summed E-state index contributed by atoms with van der Waals surface area (Å²) in [7, 11) is 0. The lowest BCUT2D eigenvalue weighted by atomic mass is 10.2. The van der Waals surface area contributed by atoms with Gasteiger partial charge in [-0.1, -0.05) is 19.1 Å². The lowest BCUT2D eigenvalue weighted by molar-refractivity contribution is -0.150. The molecule has 0 spiro atoms. The molecule has 7 heteroatoms. The van der Waals surface area contributed by atoms with E-state index in [-0.39, 0.29) is 25.6 Å². The van der Waals surface area contributed by atoms with Crippen LogP contribution < -0.4 is 10.1 Å². The number of hydrogen-bond donors (Lipinski definition) is 1. The Morgan fingerprint density at radius 3 is 2.32 bits per heavy atom. The van der Waals surface area contributed by atoms with Crippen LogP contribution in [0, 0.1) is 0 Å². The third-order valence-corrected chi connectivity index (χ3v) is 3.24. The molecule has 0 fully saturated rings. The fourth-order valence-electron chi connectivity index (χ4n) is 1.90. The molecule has 0 aliphatic rings. The summed E-state index contributed by atoms with van der Waals surface area (Å²) in [6.45, 7) is 3.80. The molecule has 0 bridgehead atoms. The maximum absolute atomic E-state index is 11.5. The fraction of sp³-hybridized carbons (Fsp3) is 0.500. The molecule has 0 unspecified atom stereocenters. The minimum atomic E-state index is -0.624. The summed E-state index contributed by atoms with van der Waals surface area (Å²) in [6, 6.07) is 7.40. The largest absolute Gasteiger partial charge is 0.482 e. The number of carbonyl (C=O) groups excluding carboxylic acids is 3. The number of rotatable bonds is 11. The monoisotopic (exact) mass is 351 g/mol. The van der Waals surface area contributed by atoms with Gasteiger partial charge in [-0.2, -0.15) is 0 Å². The molecule has 1 aromatic carbocycles. The van der Waals surface area contributed by atoms with Gasteiger partial charge in [0.2, 0.25) is 0 Å². The summed E-state index contributed by atoms with van der Waals surface area (Å²) in [5.74, 6) is -0.782. The van der Waals surface area contributed by atoms with Crippen LogP contribution in [0.15, 0.2) is 24.3 Å². The second-order valence-corrected chi connectivity index (χ2v) is 5.21. The van der Waals surface area contributed by atoms with E-state index in [0.717, 1.165) is 6.42 Å². The van der Waals surface area contributed by atoms with E-state index in [2.05, 4.69) is 12.2 Å². The normalized spacial score (nSPS) is 10.0. The number of carbonyl (C=O) groups is 3. The van der Waals surface area contributed by atoms with E-state index in [1.807, 2.05) is 12.1 Å². The van der Waals surface area contributed by atoms with Gasteiger partial charge in [-0.15, -0.1) is 0 Å². The molecule has 25 heavy (non-hydrogen) atoms. The van der Waals surface area contributed by atoms with Gasteiger partial charge in [-0.3, -0.25) is 9.59 Å². The van der Waals surface area contributed by atoms with Crippen LogP contribution in [0.3, 0.4) is 0 Å². The quantitative estimate of drug-likeness (QED) is 0.481. The van der Waals surface area contributed by atoms with Crippen molar-refractivity contribution in [2.24, 2.45) is 0 Å². The van der Waals surface area contributed by atoms with E-state index >= 15 is 0 Å². The first kappa shape index (κ1) is 20.5. The summed E-state index contributed by atoms with van der Waals surface area (Å²) in [4.78, 5) is 34.2. The van der Waals surface area contributed by atoms with Gasteiger partial charge in [0.1, 0.15) is 5.75 Å². The minimum Gasteiger partial charge on any atom is -0.482 e. The van der Waals surface area contributed by atoms with E-state index in [0.29, 0.717) is 25.3 Å². The van der Waals surface area contributed by atoms with Gasteiger partial charge in [0.15, 0.2) is 13.2 Å². The Labute approximate surface area is 147 Å². The molecular formula is C18H25NO6. The zero-order valence-electron chi connectivity index (χ0n) is 14.7. The first-order valence-electron chi connectivity index (χ1n) is 8.34. The molecule has 1 N–H and O–H groups in total. The fourth-order valence-corrected chi connectivity index (χ4v) is 1.90. The Hall–Kier alpha value is -2.57. The molecule has 0 aromatic heterocycles. The molecule has 0 heterocycles. The maximum Gasteiger partial charge on any atom is 0.344 e. The predicted octanol–water partition coefficient (Wildman–Crippen LogP) is 1.63. The third kappa shape index (κ3) is 9.34. The molecule has 0 radical (unpaired) electrons. The first-order valence-corrected chi connectivity index (χ1v) is 8.34. The molecule has 0 aliphatic heterocycles. The van der Waals surface area contributed by atoms with Crippen LogP contribution in [-0.2, 0) is 30.3 Å². The highest BCUT2D eigenvalue weighted by atomic mass is 16.6. The molecule has 0 atom stereocenters. The average Bonchev–Trinajstić information content (AvgIpc) is 2.62. The van der Waals surface area contributed by atoms with Crippen molar-refractivity contribution >= 4 is 17.8 Å². The van der Waals surface area contributed by atoms with Crippen molar-refractivity contribution in [3.8, 4) is 5.75 Å². The highest BCUT2D eigenvalue weighted by Crippen LogP contribution is 2.12. The van der Waals surface area contributed by atoms with Gasteiger partial charge in [0.05, 0.1) is 6.61 Å². The van der Waals surface area contributed by atoms with Crippen LogP contribution in [0.25, 0.3) is 0 Å². The van der Waals surface area contributed by atoms with Crippen LogP contribution in [-0.4, -0.2) is 44.2 Å². The number of amides is 1. The van der Waals surface area contributed by atoms with Gasteiger partial charge < -0.3 is 19.5 Å². The Kier molecular flexibility index (Phi) is 9.74. The smallest absolute Gasteiger partial charge is 0.344 e. The highest BCUT2D eigenvalue weighted by molar-refractivity contribution is 5.80. The summed E-state index contributed by atoms with van der Waals surface area (Å²) in [5.41, 5.74) is 1.18. The highest BCUT2D eigenvalue weighted by Gasteiger charge is 2.09. The van der Waals surface area contributed by atoms with Crippen molar-refractivity contribution in [1.29, 1.82) is 0 Å². The zero-order chi connectivity index (χ0) is 18.5. The molecule has 1 rings (SSSR count). The van der Waals surface area contributed by atoms with Gasteiger partial charge >= 0.3 is 11.9 Å². The lowest BCUT2D eigenvalue weighted by Crippen LogP contribution is -2.30. The average molecular weight is 351 g/mol. The van der Waals surface area contributed by atoms with E-state index in [4.69, 9.17) is 14.2 Å². The van der Waals surface area contributed by atoms with Crippen LogP contribution in [0.5, 0.6) is 5.75 Å². The van der Waals surface area contributed by atoms with Gasteiger partial charge in [-0.05, 0) is 37.5 Å². The summed E-state index contributed by atoms with van der Waals surface area (Å²) in [5, 5.41) is 2.56. The third-order valence-electron chi connectivity index (χ3n) is 3.24. The standard InChI is InChI=1S/C18H25NO6/c1-3-14-7-9-15(10-8-14)24-13-18(22)25-12-16(20)19-11-5-6-17(21)23-4-2/h7-10H,3-6,11-13H2,1-2H3,(H,19,20). The van der Waals surface area contributed by atoms with E-state index in [9.17, 15) is 14.4 Å². The summed E-state index contributed by atoms with van der Waals surface area (Å²) in [6.07, 6.45) is 1.63. The van der Waals surface area contributed by atoms with Crippen LogP contribution in [0.2, 0.25) is 0 Å². The van der Waals surface area contributed by atoms with Crippen LogP contribution in [0.1, 0.15) is 32.3 Å². The molecular weight excluding hydrogens is 326 g/mol. The SMILES string of the molecule is CCOC(=O)CCCNC(=O)COC(=O)COc1ccc(CC)cc1. The number of benzene rings is 1. The number of ether oxygens (including phenoxy) is 3. The predicted molar refractivity (Wildman–Crippen MR) is 91.2 cm³/mol. The Bertz CT molecular complexity index is 555. The number of nitrogens with one attached hydrogen (secondary N) is 1. The minimum absolute atomic E-state index is 0.235. The van der Waals surface area contributed by atoms with Crippen molar-refractivity contribution in [3.63, 3.8) is 0 Å². The second kappa shape index (κ2) is 11.9. The number of aryl methyl sites for hydroxylation is 1. The molecule has 0 saturated carbocycles. The molecule has 138 valence electrons. The molecule has 0 aliphatic carbocycles. The van der Waals surface area contributed by atoms with E-state index in [1.165, 1.54) is 5.56 Å². The van der Waals surface area contributed by atoms with E-state index < -0.39 is 11.9 Å². The Morgan fingerprint density at radius 2 is 1.68 bits per heavy atom. The molecule has 7 nitrogen and oxygen atoms in total. The second-order valence-electron chi connectivity index (χ2n) is 5.21. The van der Waals surface area contributed by atoms with Gasteiger partial charge in [-0.25, -0.2) is 4.79 Å². The van der Waals surface area contributed by atoms with Crippen LogP contribution in [0.4, 0.5) is 0 Å². The zero-order valence-corrected chi connectivity index (χ0v) is 14.7. The topological polar surface area (TPSA) is 90.9 Å². The molecule has 1 amide bonds. The van der Waals surface area contributed by atoms with Crippen molar-refractivity contribution < 1.29 is 28.6 Å². The van der Waals surface area contributed by atoms with Gasteiger partial charge in [0, 0.05) is 13.0 Å².